The van der Waals surface area contributed by atoms with Crippen LogP contribution in [0, 0.1) is 0 Å². The highest BCUT2D eigenvalue weighted by molar-refractivity contribution is 5.79. The molecule has 1 N–H and O–H groups in total. The van der Waals surface area contributed by atoms with Crippen LogP contribution in [0.15, 0.2) is 0 Å². The Balaban J connectivity index is 2.16. The Morgan fingerprint density at radius 2 is 2.12 bits per heavy atom. The van der Waals surface area contributed by atoms with E-state index in [1.54, 1.807) is 7.05 Å². The first-order chi connectivity index (χ1) is 7.89. The standard InChI is InChI=1S/C10H16F3N3O/c1-15-4-2-3-9(15)16-6-8(17)14-5-7(16)10(11,12)13/h7,9H,2-6H2,1H3,(H,14,17). The Bertz CT molecular complexity index is 308. The molecular formula is C10H16F3N3O. The molecule has 98 valence electrons. The lowest BCUT2D eigenvalue weighted by atomic mass is 10.1. The molecule has 0 aliphatic carbocycles. The van der Waals surface area contributed by atoms with Gasteiger partial charge in [-0.2, -0.15) is 13.2 Å². The Hall–Kier alpha value is -0.820. The SMILES string of the molecule is CN1CCCC1N1CC(=O)NCC1C(F)(F)F. The van der Waals surface area contributed by atoms with Crippen molar-refractivity contribution in [2.45, 2.75) is 31.2 Å². The van der Waals surface area contributed by atoms with E-state index in [2.05, 4.69) is 5.32 Å². The normalized spacial score (nSPS) is 32.8. The van der Waals surface area contributed by atoms with E-state index in [0.717, 1.165) is 13.0 Å². The van der Waals surface area contributed by atoms with E-state index in [1.807, 2.05) is 4.90 Å². The smallest absolute Gasteiger partial charge is 0.353 e. The highest BCUT2D eigenvalue weighted by Crippen LogP contribution is 2.30. The first-order valence-corrected chi connectivity index (χ1v) is 5.69. The molecule has 0 aromatic rings. The maximum Gasteiger partial charge on any atom is 0.405 e. The van der Waals surface area contributed by atoms with Gasteiger partial charge in [-0.25, -0.2) is 0 Å². The number of rotatable bonds is 1. The summed E-state index contributed by atoms with van der Waals surface area (Å²) in [6.45, 7) is 0.277. The second-order valence-electron chi connectivity index (χ2n) is 4.64. The van der Waals surface area contributed by atoms with Crippen molar-refractivity contribution < 1.29 is 18.0 Å². The molecule has 2 aliphatic heterocycles. The van der Waals surface area contributed by atoms with Crippen molar-refractivity contribution in [1.29, 1.82) is 0 Å². The summed E-state index contributed by atoms with van der Waals surface area (Å²) in [7, 11) is 1.80. The van der Waals surface area contributed by atoms with Gasteiger partial charge in [0.2, 0.25) is 5.91 Å². The number of piperazine rings is 1. The molecule has 0 saturated carbocycles. The van der Waals surface area contributed by atoms with E-state index in [-0.39, 0.29) is 25.2 Å². The molecule has 2 heterocycles. The summed E-state index contributed by atoms with van der Waals surface area (Å²) in [6.07, 6.45) is -3.00. The highest BCUT2D eigenvalue weighted by atomic mass is 19.4. The molecular weight excluding hydrogens is 235 g/mol. The van der Waals surface area contributed by atoms with Gasteiger partial charge in [-0.05, 0) is 26.4 Å². The van der Waals surface area contributed by atoms with Crippen molar-refractivity contribution in [2.75, 3.05) is 26.7 Å². The molecule has 2 saturated heterocycles. The van der Waals surface area contributed by atoms with Crippen LogP contribution in [0.5, 0.6) is 0 Å². The number of alkyl halides is 3. The van der Waals surface area contributed by atoms with Crippen molar-refractivity contribution in [3.8, 4) is 0 Å². The number of carbonyl (C=O) groups is 1. The second kappa shape index (κ2) is 4.45. The third-order valence-electron chi connectivity index (χ3n) is 3.46. The largest absolute Gasteiger partial charge is 0.405 e. The van der Waals surface area contributed by atoms with Gasteiger partial charge in [0, 0.05) is 6.54 Å². The van der Waals surface area contributed by atoms with Crippen LogP contribution in [0.25, 0.3) is 0 Å². The molecule has 2 aliphatic rings. The van der Waals surface area contributed by atoms with Gasteiger partial charge in [0.05, 0.1) is 12.7 Å². The highest BCUT2D eigenvalue weighted by Gasteiger charge is 2.49. The summed E-state index contributed by atoms with van der Waals surface area (Å²) in [4.78, 5) is 14.4. The van der Waals surface area contributed by atoms with Gasteiger partial charge in [-0.3, -0.25) is 14.6 Å². The Morgan fingerprint density at radius 1 is 1.41 bits per heavy atom. The summed E-state index contributed by atoms with van der Waals surface area (Å²) in [5.74, 6) is -0.328. The fourth-order valence-corrected chi connectivity index (χ4v) is 2.59. The molecule has 7 heteroatoms. The van der Waals surface area contributed by atoms with Crippen molar-refractivity contribution in [1.82, 2.24) is 15.1 Å². The number of hydrogen-bond acceptors (Lipinski definition) is 3. The van der Waals surface area contributed by atoms with Crippen LogP contribution in [0.4, 0.5) is 13.2 Å². The lowest BCUT2D eigenvalue weighted by Crippen LogP contribution is -2.64. The minimum Gasteiger partial charge on any atom is -0.353 e. The monoisotopic (exact) mass is 251 g/mol. The van der Waals surface area contributed by atoms with Crippen LogP contribution < -0.4 is 5.32 Å². The fraction of sp³-hybridized carbons (Fsp3) is 0.900. The van der Waals surface area contributed by atoms with Gasteiger partial charge in [-0.15, -0.1) is 0 Å². The minimum atomic E-state index is -4.29. The predicted molar refractivity (Wildman–Crippen MR) is 55.2 cm³/mol. The Kier molecular flexibility index (Phi) is 3.31. The van der Waals surface area contributed by atoms with E-state index in [9.17, 15) is 18.0 Å². The van der Waals surface area contributed by atoms with Crippen LogP contribution in [0.3, 0.4) is 0 Å². The number of likely N-dealkylation sites (tertiary alicyclic amines) is 1. The lowest BCUT2D eigenvalue weighted by Gasteiger charge is -2.42. The van der Waals surface area contributed by atoms with Gasteiger partial charge in [-0.1, -0.05) is 0 Å². The third-order valence-corrected chi connectivity index (χ3v) is 3.46. The summed E-state index contributed by atoms with van der Waals surface area (Å²) >= 11 is 0. The molecule has 4 nitrogen and oxygen atoms in total. The quantitative estimate of drug-likeness (QED) is 0.733. The first kappa shape index (κ1) is 12.6. The molecule has 2 fully saturated rings. The van der Waals surface area contributed by atoms with Gasteiger partial charge >= 0.3 is 6.18 Å². The zero-order chi connectivity index (χ0) is 12.6. The van der Waals surface area contributed by atoms with Gasteiger partial charge in [0.25, 0.3) is 0 Å². The number of halogens is 3. The van der Waals surface area contributed by atoms with Gasteiger partial charge in [0.1, 0.15) is 6.04 Å². The summed E-state index contributed by atoms with van der Waals surface area (Å²) in [5.41, 5.74) is 0. The van der Waals surface area contributed by atoms with E-state index in [0.29, 0.717) is 6.42 Å². The van der Waals surface area contributed by atoms with E-state index >= 15 is 0 Å². The molecule has 0 bridgehead atoms. The summed E-state index contributed by atoms with van der Waals surface area (Å²) in [5, 5.41) is 2.29. The Labute approximate surface area is 97.7 Å². The molecule has 0 radical (unpaired) electrons. The average molecular weight is 251 g/mol. The molecule has 0 spiro atoms. The molecule has 2 rings (SSSR count). The molecule has 0 aromatic carbocycles. The van der Waals surface area contributed by atoms with Crippen LogP contribution in [-0.2, 0) is 4.79 Å². The van der Waals surface area contributed by atoms with Gasteiger partial charge in [0.15, 0.2) is 0 Å². The van der Waals surface area contributed by atoms with Crippen molar-refractivity contribution in [3.05, 3.63) is 0 Å². The maximum atomic E-state index is 12.9. The van der Waals surface area contributed by atoms with Crippen LogP contribution in [0.2, 0.25) is 0 Å². The van der Waals surface area contributed by atoms with Crippen molar-refractivity contribution in [3.63, 3.8) is 0 Å². The molecule has 2 unspecified atom stereocenters. The van der Waals surface area contributed by atoms with Crippen LogP contribution in [0.1, 0.15) is 12.8 Å². The topological polar surface area (TPSA) is 35.6 Å². The number of carbonyl (C=O) groups excluding carboxylic acids is 1. The van der Waals surface area contributed by atoms with Gasteiger partial charge < -0.3 is 5.32 Å². The Morgan fingerprint density at radius 3 is 2.65 bits per heavy atom. The number of nitrogens with zero attached hydrogens (tertiary/aromatic N) is 2. The average Bonchev–Trinajstić information content (AvgIpc) is 2.62. The molecule has 0 aromatic heterocycles. The molecule has 2 atom stereocenters. The minimum absolute atomic E-state index is 0.167. The van der Waals surface area contributed by atoms with Crippen LogP contribution in [-0.4, -0.2) is 60.8 Å². The summed E-state index contributed by atoms with van der Waals surface area (Å²) < 4.78 is 38.7. The third kappa shape index (κ3) is 2.55. The zero-order valence-electron chi connectivity index (χ0n) is 9.63. The number of nitrogens with one attached hydrogen (secondary N) is 1. The number of hydrogen-bond donors (Lipinski definition) is 1. The zero-order valence-corrected chi connectivity index (χ0v) is 9.63. The first-order valence-electron chi connectivity index (χ1n) is 5.69. The lowest BCUT2D eigenvalue weighted by molar-refractivity contribution is -0.200. The van der Waals surface area contributed by atoms with Crippen molar-refractivity contribution >= 4 is 5.91 Å². The van der Waals surface area contributed by atoms with Crippen LogP contribution >= 0.6 is 0 Å². The van der Waals surface area contributed by atoms with E-state index in [1.165, 1.54) is 4.90 Å². The van der Waals surface area contributed by atoms with E-state index < -0.39 is 12.2 Å². The van der Waals surface area contributed by atoms with E-state index in [4.69, 9.17) is 0 Å². The predicted octanol–water partition coefficient (Wildman–Crippen LogP) is 0.401. The molecule has 17 heavy (non-hydrogen) atoms. The summed E-state index contributed by atoms with van der Waals surface area (Å²) in [6, 6.07) is -1.56. The molecule has 1 amide bonds. The fourth-order valence-electron chi connectivity index (χ4n) is 2.59. The van der Waals surface area contributed by atoms with Crippen molar-refractivity contribution in [2.24, 2.45) is 0 Å². The number of amides is 1. The maximum absolute atomic E-state index is 12.9. The second-order valence-corrected chi connectivity index (χ2v) is 4.64.